The van der Waals surface area contributed by atoms with Gasteiger partial charge in [0.2, 0.25) is 10.0 Å². The van der Waals surface area contributed by atoms with Gasteiger partial charge in [0.15, 0.2) is 0 Å². The Morgan fingerprint density at radius 1 is 1.22 bits per heavy atom. The van der Waals surface area contributed by atoms with Crippen molar-refractivity contribution in [3.63, 3.8) is 0 Å². The number of phenols is 1. The number of piperidine rings is 2. The van der Waals surface area contributed by atoms with E-state index in [4.69, 9.17) is 0 Å². The van der Waals surface area contributed by atoms with E-state index in [0.29, 0.717) is 36.8 Å². The van der Waals surface area contributed by atoms with Gasteiger partial charge in [0.25, 0.3) is 0 Å². The minimum absolute atomic E-state index is 0.0134. The van der Waals surface area contributed by atoms with Gasteiger partial charge < -0.3 is 14.9 Å². The quantitative estimate of drug-likeness (QED) is 0.703. The summed E-state index contributed by atoms with van der Waals surface area (Å²) in [5, 5.41) is 10.2. The summed E-state index contributed by atoms with van der Waals surface area (Å²) < 4.78 is 26.9. The molecule has 1 aliphatic carbocycles. The average molecular weight is 464 g/mol. The number of likely N-dealkylation sites (tertiary alicyclic amines) is 1. The summed E-state index contributed by atoms with van der Waals surface area (Å²) in [5.41, 5.74) is 2.70. The third-order valence-electron chi connectivity index (χ3n) is 8.24. The number of hydrogen-bond acceptors (Lipinski definition) is 5. The molecule has 180 valence electrons. The highest BCUT2D eigenvalue weighted by molar-refractivity contribution is 7.89. The zero-order valence-corrected chi connectivity index (χ0v) is 21.2. The number of aromatic hydroxyl groups is 1. The zero-order valence-electron chi connectivity index (χ0n) is 20.4. The van der Waals surface area contributed by atoms with Crippen molar-refractivity contribution in [1.82, 2.24) is 14.1 Å². The molecule has 2 aliphatic heterocycles. The van der Waals surface area contributed by atoms with Gasteiger partial charge in [-0.3, -0.25) is 0 Å². The molecule has 1 N–H and O–H groups in total. The second-order valence-electron chi connectivity index (χ2n) is 11.2. The van der Waals surface area contributed by atoms with Crippen LogP contribution in [0.15, 0.2) is 18.2 Å². The number of rotatable bonds is 6. The summed E-state index contributed by atoms with van der Waals surface area (Å²) in [6.45, 7) is 9.69. The van der Waals surface area contributed by atoms with Crippen LogP contribution in [0.2, 0.25) is 0 Å². The first-order valence-electron chi connectivity index (χ1n) is 12.2. The van der Waals surface area contributed by atoms with E-state index in [1.54, 1.807) is 4.31 Å². The van der Waals surface area contributed by atoms with Gasteiger partial charge in [-0.15, -0.1) is 0 Å². The van der Waals surface area contributed by atoms with Crippen molar-refractivity contribution < 1.29 is 13.5 Å². The SMILES string of the molecule is CC(C)CS(=O)(=O)N1CCC(CN(C)[C@@H]2[C@H]3Cc4ccc(O)cc4[C@]2(C)CCN3C)CC1. The third-order valence-corrected chi connectivity index (χ3v) is 10.5. The number of likely N-dealkylation sites (N-methyl/N-ethyl adjacent to an activating group) is 2. The largest absolute Gasteiger partial charge is 0.508 e. The summed E-state index contributed by atoms with van der Waals surface area (Å²) in [6.07, 6.45) is 3.96. The highest BCUT2D eigenvalue weighted by Crippen LogP contribution is 2.47. The monoisotopic (exact) mass is 463 g/mol. The Morgan fingerprint density at radius 2 is 1.91 bits per heavy atom. The smallest absolute Gasteiger partial charge is 0.214 e. The van der Waals surface area contributed by atoms with Crippen LogP contribution in [0.3, 0.4) is 0 Å². The van der Waals surface area contributed by atoms with Gasteiger partial charge in [0.1, 0.15) is 5.75 Å². The summed E-state index contributed by atoms with van der Waals surface area (Å²) in [5.74, 6) is 1.29. The molecule has 0 saturated carbocycles. The van der Waals surface area contributed by atoms with Crippen molar-refractivity contribution in [3.05, 3.63) is 29.3 Å². The van der Waals surface area contributed by atoms with Gasteiger partial charge in [-0.2, -0.15) is 0 Å². The van der Waals surface area contributed by atoms with Gasteiger partial charge in [-0.25, -0.2) is 12.7 Å². The summed E-state index contributed by atoms with van der Waals surface area (Å²) in [7, 11) is 1.37. The minimum atomic E-state index is -3.13. The molecule has 1 aromatic carbocycles. The van der Waals surface area contributed by atoms with Crippen LogP contribution in [-0.2, 0) is 21.9 Å². The molecule has 1 aromatic rings. The zero-order chi connectivity index (χ0) is 23.3. The number of sulfonamides is 1. The Bertz CT molecular complexity index is 926. The molecule has 4 rings (SSSR count). The molecule has 7 heteroatoms. The molecular formula is C25H41N3O3S. The third kappa shape index (κ3) is 4.46. The first-order chi connectivity index (χ1) is 15.0. The highest BCUT2D eigenvalue weighted by atomic mass is 32.2. The first kappa shape index (κ1) is 24.0. The molecule has 0 unspecified atom stereocenters. The maximum absolute atomic E-state index is 12.6. The molecule has 2 saturated heterocycles. The Kier molecular flexibility index (Phi) is 6.67. The Balaban J connectivity index is 1.47. The van der Waals surface area contributed by atoms with Crippen LogP contribution in [0, 0.1) is 11.8 Å². The van der Waals surface area contributed by atoms with Crippen LogP contribution in [0.4, 0.5) is 0 Å². The molecule has 0 spiro atoms. The van der Waals surface area contributed by atoms with Crippen molar-refractivity contribution >= 4 is 10.0 Å². The number of hydrogen-bond donors (Lipinski definition) is 1. The molecule has 0 aromatic heterocycles. The maximum Gasteiger partial charge on any atom is 0.214 e. The van der Waals surface area contributed by atoms with Crippen molar-refractivity contribution in [2.45, 2.75) is 64.0 Å². The normalized spacial score (nSPS) is 30.1. The second-order valence-corrected chi connectivity index (χ2v) is 13.2. The lowest BCUT2D eigenvalue weighted by Crippen LogP contribution is -2.66. The number of fused-ring (bicyclic) bond motifs is 4. The number of benzene rings is 1. The standard InChI is InChI=1S/C25H41N3O3S/c1-18(2)17-32(30,31)28-11-8-19(9-12-28)16-27(5)24-23-14-20-6-7-21(29)15-22(20)25(24,3)10-13-26(23)4/h6-7,15,18-19,23-24,29H,8-14,16-17H2,1-5H3/t23-,24-,25+/m1/s1. The highest BCUT2D eigenvalue weighted by Gasteiger charge is 2.51. The Labute approximate surface area is 194 Å². The summed E-state index contributed by atoms with van der Waals surface area (Å²) in [6, 6.07) is 6.78. The van der Waals surface area contributed by atoms with Gasteiger partial charge in [0.05, 0.1) is 5.75 Å². The van der Waals surface area contributed by atoms with E-state index in [1.165, 1.54) is 11.1 Å². The van der Waals surface area contributed by atoms with Crippen LogP contribution in [0.25, 0.3) is 0 Å². The van der Waals surface area contributed by atoms with Gasteiger partial charge in [-0.05, 0) is 81.4 Å². The van der Waals surface area contributed by atoms with Crippen LogP contribution < -0.4 is 0 Å². The second kappa shape index (κ2) is 8.90. The Morgan fingerprint density at radius 3 is 2.56 bits per heavy atom. The lowest BCUT2D eigenvalue weighted by atomic mass is 9.61. The molecule has 3 atom stereocenters. The summed E-state index contributed by atoms with van der Waals surface area (Å²) in [4.78, 5) is 5.07. The minimum Gasteiger partial charge on any atom is -0.508 e. The maximum atomic E-state index is 12.6. The van der Waals surface area contributed by atoms with E-state index in [2.05, 4.69) is 36.9 Å². The molecule has 2 bridgehead atoms. The van der Waals surface area contributed by atoms with Crippen LogP contribution in [0.1, 0.15) is 51.2 Å². The van der Waals surface area contributed by atoms with E-state index in [-0.39, 0.29) is 17.1 Å². The molecule has 3 aliphatic rings. The lowest BCUT2D eigenvalue weighted by Gasteiger charge is -2.58. The lowest BCUT2D eigenvalue weighted by molar-refractivity contribution is -0.00615. The predicted octanol–water partition coefficient (Wildman–Crippen LogP) is 2.91. The van der Waals surface area contributed by atoms with Crippen molar-refractivity contribution in [3.8, 4) is 5.75 Å². The Hall–Kier alpha value is -1.15. The van der Waals surface area contributed by atoms with E-state index in [0.717, 1.165) is 38.8 Å². The molecular weight excluding hydrogens is 422 g/mol. The number of nitrogens with zero attached hydrogens (tertiary/aromatic N) is 3. The topological polar surface area (TPSA) is 64.1 Å². The average Bonchev–Trinajstić information content (AvgIpc) is 2.71. The van der Waals surface area contributed by atoms with E-state index >= 15 is 0 Å². The molecule has 32 heavy (non-hydrogen) atoms. The number of phenolic OH excluding ortho intramolecular Hbond substituents is 1. The first-order valence-corrected chi connectivity index (χ1v) is 13.8. The molecule has 6 nitrogen and oxygen atoms in total. The van der Waals surface area contributed by atoms with Crippen LogP contribution in [0.5, 0.6) is 5.75 Å². The van der Waals surface area contributed by atoms with E-state index < -0.39 is 10.0 Å². The molecule has 2 fully saturated rings. The van der Waals surface area contributed by atoms with Gasteiger partial charge in [-0.1, -0.05) is 26.8 Å². The fraction of sp³-hybridized carbons (Fsp3) is 0.760. The van der Waals surface area contributed by atoms with Gasteiger partial charge >= 0.3 is 0 Å². The van der Waals surface area contributed by atoms with Crippen molar-refractivity contribution in [1.29, 1.82) is 0 Å². The fourth-order valence-corrected chi connectivity index (χ4v) is 8.47. The predicted molar refractivity (Wildman–Crippen MR) is 130 cm³/mol. The van der Waals surface area contributed by atoms with E-state index in [1.807, 2.05) is 26.0 Å². The fourth-order valence-electron chi connectivity index (χ4n) is 6.65. The van der Waals surface area contributed by atoms with E-state index in [9.17, 15) is 13.5 Å². The molecule has 0 amide bonds. The summed E-state index contributed by atoms with van der Waals surface area (Å²) >= 11 is 0. The van der Waals surface area contributed by atoms with Gasteiger partial charge in [0, 0.05) is 37.1 Å². The van der Waals surface area contributed by atoms with Crippen molar-refractivity contribution in [2.75, 3.05) is 46.0 Å². The van der Waals surface area contributed by atoms with Crippen LogP contribution >= 0.6 is 0 Å². The molecule has 2 heterocycles. The van der Waals surface area contributed by atoms with Crippen molar-refractivity contribution in [2.24, 2.45) is 11.8 Å². The van der Waals surface area contributed by atoms with Crippen LogP contribution in [-0.4, -0.2) is 85.7 Å². The molecule has 0 radical (unpaired) electrons.